The number of halogens is 7. The van der Waals surface area contributed by atoms with Gasteiger partial charge in [-0.25, -0.2) is 15.0 Å². The van der Waals surface area contributed by atoms with Crippen molar-refractivity contribution in [1.29, 1.82) is 0 Å². The number of hydrogen-bond donors (Lipinski definition) is 0. The van der Waals surface area contributed by atoms with Crippen molar-refractivity contribution in [2.24, 2.45) is 0 Å². The molecule has 2 aromatic heterocycles. The smallest absolute Gasteiger partial charge is 0.270 e. The first-order valence-corrected chi connectivity index (χ1v) is 8.38. The van der Waals surface area contributed by atoms with Gasteiger partial charge in [0.1, 0.15) is 10.0 Å². The molecular formula is C16H9F6IN4. The Labute approximate surface area is 162 Å². The number of rotatable bonds is 2. The van der Waals surface area contributed by atoms with Gasteiger partial charge in [0.15, 0.2) is 5.69 Å². The van der Waals surface area contributed by atoms with E-state index in [0.717, 1.165) is 24.3 Å². The predicted octanol–water partition coefficient (Wildman–Crippen LogP) is 5.28. The summed E-state index contributed by atoms with van der Waals surface area (Å²) in [7, 11) is 0. The summed E-state index contributed by atoms with van der Waals surface area (Å²) in [5, 5.41) is 0. The van der Waals surface area contributed by atoms with Gasteiger partial charge in [-0.15, -0.1) is 0 Å². The topological polar surface area (TPSA) is 43.6 Å². The lowest BCUT2D eigenvalue weighted by atomic mass is 10.1. The summed E-state index contributed by atoms with van der Waals surface area (Å²) in [4.78, 5) is 11.6. The molecule has 1 aromatic carbocycles. The molecule has 0 spiro atoms. The van der Waals surface area contributed by atoms with E-state index in [2.05, 4.69) is 15.0 Å². The first kappa shape index (κ1) is 19.6. The Morgan fingerprint density at radius 1 is 0.926 bits per heavy atom. The van der Waals surface area contributed by atoms with E-state index >= 15 is 0 Å². The minimum Gasteiger partial charge on any atom is -0.270 e. The normalized spacial score (nSPS) is 12.4. The second-order valence-electron chi connectivity index (χ2n) is 5.50. The second kappa shape index (κ2) is 6.77. The number of aromatic nitrogens is 4. The van der Waals surface area contributed by atoms with E-state index < -0.39 is 23.6 Å². The van der Waals surface area contributed by atoms with E-state index in [1.54, 1.807) is 6.92 Å². The van der Waals surface area contributed by atoms with Crippen LogP contribution in [-0.4, -0.2) is 19.5 Å². The zero-order valence-corrected chi connectivity index (χ0v) is 15.6. The lowest BCUT2D eigenvalue weighted by Gasteiger charge is -2.12. The van der Waals surface area contributed by atoms with Crippen LogP contribution in [0.3, 0.4) is 0 Å². The maximum atomic E-state index is 13.2. The molecule has 0 saturated heterocycles. The number of nitrogens with zero attached hydrogens (tertiary/aromatic N) is 4. The summed E-state index contributed by atoms with van der Waals surface area (Å²) in [5.74, 6) is -0.271. The van der Waals surface area contributed by atoms with Crippen LogP contribution in [0.5, 0.6) is 0 Å². The van der Waals surface area contributed by atoms with Gasteiger partial charge in [0.2, 0.25) is 5.95 Å². The summed E-state index contributed by atoms with van der Waals surface area (Å²) in [6, 6.07) is 4.41. The SMILES string of the molecule is Cc1c(I)ncn1-c1nc(-c2ccc(C(F)(F)F)cc2)cc(C(F)(F)F)n1. The summed E-state index contributed by atoms with van der Waals surface area (Å²) in [6.45, 7) is 1.64. The van der Waals surface area contributed by atoms with Gasteiger partial charge in [0.25, 0.3) is 0 Å². The molecule has 3 rings (SSSR count). The first-order valence-electron chi connectivity index (χ1n) is 7.30. The number of hydrogen-bond acceptors (Lipinski definition) is 3. The van der Waals surface area contributed by atoms with Crippen LogP contribution in [0.25, 0.3) is 17.2 Å². The third-order valence-electron chi connectivity index (χ3n) is 3.67. The molecule has 0 saturated carbocycles. The molecule has 0 radical (unpaired) electrons. The van der Waals surface area contributed by atoms with E-state index in [1.165, 1.54) is 10.9 Å². The third kappa shape index (κ3) is 4.06. The molecule has 3 aromatic rings. The van der Waals surface area contributed by atoms with Gasteiger partial charge in [0.05, 0.1) is 17.0 Å². The molecule has 142 valence electrons. The minimum absolute atomic E-state index is 0.101. The van der Waals surface area contributed by atoms with Crippen molar-refractivity contribution in [1.82, 2.24) is 19.5 Å². The molecule has 0 atom stereocenters. The Hall–Kier alpha value is -2.18. The highest BCUT2D eigenvalue weighted by Crippen LogP contribution is 2.33. The van der Waals surface area contributed by atoms with Gasteiger partial charge in [-0.05, 0) is 47.7 Å². The van der Waals surface area contributed by atoms with Crippen molar-refractivity contribution in [3.8, 4) is 17.2 Å². The van der Waals surface area contributed by atoms with E-state index in [9.17, 15) is 26.3 Å². The molecule has 11 heteroatoms. The van der Waals surface area contributed by atoms with Crippen molar-refractivity contribution >= 4 is 22.6 Å². The van der Waals surface area contributed by atoms with Crippen LogP contribution in [-0.2, 0) is 12.4 Å². The van der Waals surface area contributed by atoms with Crippen LogP contribution >= 0.6 is 22.6 Å². The molecule has 0 aliphatic carbocycles. The Kier molecular flexibility index (Phi) is 4.91. The average molecular weight is 498 g/mol. The highest BCUT2D eigenvalue weighted by atomic mass is 127. The summed E-state index contributed by atoms with van der Waals surface area (Å²) in [5.41, 5.74) is -1.62. The standard InChI is InChI=1S/C16H9F6IN4/c1-8-13(23)24-7-27(8)14-25-11(6-12(26-14)16(20,21)22)9-2-4-10(5-3-9)15(17,18)19/h2-7H,1H3. The van der Waals surface area contributed by atoms with E-state index in [4.69, 9.17) is 0 Å². The molecule has 0 fully saturated rings. The summed E-state index contributed by atoms with van der Waals surface area (Å²) >= 11 is 1.91. The van der Waals surface area contributed by atoms with E-state index in [0.29, 0.717) is 15.5 Å². The van der Waals surface area contributed by atoms with E-state index in [-0.39, 0.29) is 17.2 Å². The summed E-state index contributed by atoms with van der Waals surface area (Å²) in [6.07, 6.45) is -8.01. The van der Waals surface area contributed by atoms with Crippen molar-refractivity contribution in [2.45, 2.75) is 19.3 Å². The zero-order valence-electron chi connectivity index (χ0n) is 13.4. The van der Waals surface area contributed by atoms with Gasteiger partial charge in [-0.3, -0.25) is 4.57 Å². The largest absolute Gasteiger partial charge is 0.433 e. The number of alkyl halides is 6. The first-order chi connectivity index (χ1) is 12.5. The third-order valence-corrected chi connectivity index (χ3v) is 4.73. The molecule has 0 N–H and O–H groups in total. The fourth-order valence-electron chi connectivity index (χ4n) is 2.25. The minimum atomic E-state index is -4.75. The Balaban J connectivity index is 2.15. The van der Waals surface area contributed by atoms with Crippen molar-refractivity contribution in [3.05, 3.63) is 57.3 Å². The molecule has 0 aliphatic heterocycles. The van der Waals surface area contributed by atoms with Crippen LogP contribution < -0.4 is 0 Å². The fraction of sp³-hybridized carbons (Fsp3) is 0.188. The molecule has 0 bridgehead atoms. The molecule has 0 unspecified atom stereocenters. The second-order valence-corrected chi connectivity index (χ2v) is 6.52. The molecule has 0 amide bonds. The Morgan fingerprint density at radius 2 is 1.56 bits per heavy atom. The Bertz CT molecular complexity index is 976. The van der Waals surface area contributed by atoms with Crippen LogP contribution in [0.2, 0.25) is 0 Å². The molecule has 27 heavy (non-hydrogen) atoms. The Morgan fingerprint density at radius 3 is 2.04 bits per heavy atom. The van der Waals surface area contributed by atoms with Gasteiger partial charge < -0.3 is 0 Å². The van der Waals surface area contributed by atoms with Crippen LogP contribution in [0.4, 0.5) is 26.3 Å². The fourth-order valence-corrected chi connectivity index (χ4v) is 2.64. The molecule has 4 nitrogen and oxygen atoms in total. The van der Waals surface area contributed by atoms with Crippen LogP contribution in [0.15, 0.2) is 36.7 Å². The van der Waals surface area contributed by atoms with Crippen LogP contribution in [0.1, 0.15) is 17.0 Å². The quantitative estimate of drug-likeness (QED) is 0.357. The van der Waals surface area contributed by atoms with Crippen molar-refractivity contribution in [2.75, 3.05) is 0 Å². The predicted molar refractivity (Wildman–Crippen MR) is 92.0 cm³/mol. The highest BCUT2D eigenvalue weighted by Gasteiger charge is 2.34. The number of benzene rings is 1. The van der Waals surface area contributed by atoms with Gasteiger partial charge in [-0.1, -0.05) is 12.1 Å². The van der Waals surface area contributed by atoms with E-state index in [1.807, 2.05) is 22.6 Å². The van der Waals surface area contributed by atoms with Crippen LogP contribution in [0, 0.1) is 10.6 Å². The highest BCUT2D eigenvalue weighted by molar-refractivity contribution is 14.1. The molecular weight excluding hydrogens is 489 g/mol. The lowest BCUT2D eigenvalue weighted by molar-refractivity contribution is -0.141. The maximum absolute atomic E-state index is 13.2. The lowest BCUT2D eigenvalue weighted by Crippen LogP contribution is -2.13. The monoisotopic (exact) mass is 498 g/mol. The molecule has 0 aliphatic rings. The zero-order chi connectivity index (χ0) is 20.0. The van der Waals surface area contributed by atoms with Gasteiger partial charge in [0, 0.05) is 5.56 Å². The summed E-state index contributed by atoms with van der Waals surface area (Å²) < 4.78 is 79.6. The van der Waals surface area contributed by atoms with Gasteiger partial charge in [-0.2, -0.15) is 26.3 Å². The average Bonchev–Trinajstić information content (AvgIpc) is 2.92. The number of imidazole rings is 1. The van der Waals surface area contributed by atoms with Gasteiger partial charge >= 0.3 is 12.4 Å². The van der Waals surface area contributed by atoms with Crippen molar-refractivity contribution in [3.63, 3.8) is 0 Å². The maximum Gasteiger partial charge on any atom is 0.433 e. The molecule has 2 heterocycles. The van der Waals surface area contributed by atoms with Crippen molar-refractivity contribution < 1.29 is 26.3 Å².